The fraction of sp³-hybridized carbons (Fsp3) is 0.278. The Morgan fingerprint density at radius 3 is 2.70 bits per heavy atom. The lowest BCUT2D eigenvalue weighted by Gasteiger charge is -2.09. The van der Waals surface area contributed by atoms with Gasteiger partial charge in [-0.05, 0) is 31.4 Å². The van der Waals surface area contributed by atoms with Gasteiger partial charge in [-0.1, -0.05) is 30.3 Å². The number of carbonyl (C=O) groups excluding carboxylic acids is 2. The molecule has 5 heteroatoms. The molecule has 5 nitrogen and oxygen atoms in total. The number of carbonyl (C=O) groups is 2. The summed E-state index contributed by atoms with van der Waals surface area (Å²) in [5.74, 6) is -0.603. The topological polar surface area (TPSA) is 68.3 Å². The molecule has 1 aromatic heterocycles. The maximum absolute atomic E-state index is 12.0. The Balaban J connectivity index is 1.89. The molecule has 0 aliphatic rings. The number of amides is 1. The molecule has 0 aliphatic carbocycles. The summed E-state index contributed by atoms with van der Waals surface area (Å²) in [5, 5.41) is 2.73. The van der Waals surface area contributed by atoms with Crippen molar-refractivity contribution < 1.29 is 14.3 Å². The van der Waals surface area contributed by atoms with Gasteiger partial charge in [0, 0.05) is 12.6 Å². The molecule has 0 bridgehead atoms. The van der Waals surface area contributed by atoms with Crippen molar-refractivity contribution in [3.05, 3.63) is 59.9 Å². The molecule has 0 atom stereocenters. The highest BCUT2D eigenvalue weighted by Crippen LogP contribution is 2.15. The minimum atomic E-state index is -0.463. The summed E-state index contributed by atoms with van der Waals surface area (Å²) in [6, 6.07) is 11.6. The monoisotopic (exact) mass is 312 g/mol. The first-order valence-corrected chi connectivity index (χ1v) is 7.65. The van der Waals surface area contributed by atoms with Gasteiger partial charge in [-0.25, -0.2) is 4.79 Å². The SMILES string of the molecule is CCOC(=O)c1ccncc1NC(=O)CCCc1ccccc1. The zero-order valence-electron chi connectivity index (χ0n) is 13.1. The minimum Gasteiger partial charge on any atom is -0.462 e. The molecule has 0 saturated heterocycles. The van der Waals surface area contributed by atoms with Crippen LogP contribution in [0, 0.1) is 0 Å². The highest BCUT2D eigenvalue weighted by molar-refractivity contribution is 6.00. The maximum atomic E-state index is 12.0. The summed E-state index contributed by atoms with van der Waals surface area (Å²) in [7, 11) is 0. The molecule has 1 aromatic carbocycles. The third-order valence-corrected chi connectivity index (χ3v) is 3.30. The van der Waals surface area contributed by atoms with Crippen LogP contribution in [0.25, 0.3) is 0 Å². The first-order valence-electron chi connectivity index (χ1n) is 7.65. The Morgan fingerprint density at radius 2 is 1.96 bits per heavy atom. The van der Waals surface area contributed by atoms with Gasteiger partial charge in [0.15, 0.2) is 0 Å². The summed E-state index contributed by atoms with van der Waals surface area (Å²) in [5.41, 5.74) is 1.91. The van der Waals surface area contributed by atoms with Crippen molar-refractivity contribution in [3.63, 3.8) is 0 Å². The fourth-order valence-electron chi connectivity index (χ4n) is 2.19. The van der Waals surface area contributed by atoms with Gasteiger partial charge in [0.25, 0.3) is 0 Å². The van der Waals surface area contributed by atoms with Crippen molar-refractivity contribution in [1.82, 2.24) is 4.98 Å². The number of esters is 1. The number of pyridine rings is 1. The molecule has 1 heterocycles. The minimum absolute atomic E-state index is 0.139. The van der Waals surface area contributed by atoms with Gasteiger partial charge < -0.3 is 10.1 Å². The van der Waals surface area contributed by atoms with Crippen LogP contribution in [-0.4, -0.2) is 23.5 Å². The maximum Gasteiger partial charge on any atom is 0.340 e. The van der Waals surface area contributed by atoms with E-state index in [4.69, 9.17) is 4.74 Å². The molecule has 120 valence electrons. The molecular weight excluding hydrogens is 292 g/mol. The van der Waals surface area contributed by atoms with Crippen molar-refractivity contribution in [1.29, 1.82) is 0 Å². The lowest BCUT2D eigenvalue weighted by atomic mass is 10.1. The summed E-state index contributed by atoms with van der Waals surface area (Å²) < 4.78 is 4.97. The Labute approximate surface area is 135 Å². The van der Waals surface area contributed by atoms with E-state index in [-0.39, 0.29) is 12.5 Å². The van der Waals surface area contributed by atoms with Gasteiger partial charge in [-0.3, -0.25) is 9.78 Å². The van der Waals surface area contributed by atoms with E-state index in [0.29, 0.717) is 17.7 Å². The van der Waals surface area contributed by atoms with Crippen LogP contribution in [0.4, 0.5) is 5.69 Å². The summed E-state index contributed by atoms with van der Waals surface area (Å²) in [6.07, 6.45) is 4.92. The van der Waals surface area contributed by atoms with E-state index in [9.17, 15) is 9.59 Å². The second kappa shape index (κ2) is 8.68. The van der Waals surface area contributed by atoms with Crippen molar-refractivity contribution >= 4 is 17.6 Å². The number of nitrogens with one attached hydrogen (secondary N) is 1. The van der Waals surface area contributed by atoms with E-state index in [2.05, 4.69) is 10.3 Å². The predicted octanol–water partition coefficient (Wildman–Crippen LogP) is 3.22. The van der Waals surface area contributed by atoms with Crippen LogP contribution in [0.1, 0.15) is 35.7 Å². The summed E-state index contributed by atoms with van der Waals surface area (Å²) in [4.78, 5) is 27.8. The second-order valence-electron chi connectivity index (χ2n) is 5.03. The van der Waals surface area contributed by atoms with Crippen LogP contribution in [0.3, 0.4) is 0 Å². The smallest absolute Gasteiger partial charge is 0.340 e. The number of rotatable bonds is 7. The average Bonchev–Trinajstić information content (AvgIpc) is 2.56. The van der Waals surface area contributed by atoms with Gasteiger partial charge in [0.2, 0.25) is 5.91 Å². The Bertz CT molecular complexity index is 656. The lowest BCUT2D eigenvalue weighted by molar-refractivity contribution is -0.116. The Hall–Kier alpha value is -2.69. The van der Waals surface area contributed by atoms with Gasteiger partial charge in [-0.2, -0.15) is 0 Å². The molecule has 0 radical (unpaired) electrons. The number of benzene rings is 1. The standard InChI is InChI=1S/C18H20N2O3/c1-2-23-18(22)15-11-12-19-13-16(15)20-17(21)10-6-9-14-7-4-3-5-8-14/h3-5,7-8,11-13H,2,6,9-10H2,1H3,(H,20,21). The van der Waals surface area contributed by atoms with Crippen molar-refractivity contribution in [3.8, 4) is 0 Å². The van der Waals surface area contributed by atoms with E-state index in [1.165, 1.54) is 24.0 Å². The van der Waals surface area contributed by atoms with Gasteiger partial charge in [0.05, 0.1) is 24.1 Å². The molecule has 2 aromatic rings. The summed E-state index contributed by atoms with van der Waals surface area (Å²) in [6.45, 7) is 2.02. The van der Waals surface area contributed by atoms with Crippen molar-refractivity contribution in [2.24, 2.45) is 0 Å². The van der Waals surface area contributed by atoms with Crippen LogP contribution < -0.4 is 5.32 Å². The van der Waals surface area contributed by atoms with Crippen LogP contribution >= 0.6 is 0 Å². The van der Waals surface area contributed by atoms with E-state index in [1.54, 1.807) is 6.92 Å². The molecule has 0 saturated carbocycles. The highest BCUT2D eigenvalue weighted by atomic mass is 16.5. The summed E-state index contributed by atoms with van der Waals surface area (Å²) >= 11 is 0. The van der Waals surface area contributed by atoms with E-state index < -0.39 is 5.97 Å². The quantitative estimate of drug-likeness (QED) is 0.797. The molecule has 0 spiro atoms. The molecular formula is C18H20N2O3. The van der Waals surface area contributed by atoms with Crippen LogP contribution in [0.15, 0.2) is 48.8 Å². The van der Waals surface area contributed by atoms with E-state index in [1.807, 2.05) is 30.3 Å². The highest BCUT2D eigenvalue weighted by Gasteiger charge is 2.14. The Morgan fingerprint density at radius 1 is 1.17 bits per heavy atom. The van der Waals surface area contributed by atoms with Crippen LogP contribution in [-0.2, 0) is 16.0 Å². The van der Waals surface area contributed by atoms with E-state index in [0.717, 1.165) is 12.8 Å². The molecule has 0 aliphatic heterocycles. The molecule has 1 N–H and O–H groups in total. The molecule has 1 amide bonds. The number of hydrogen-bond donors (Lipinski definition) is 1. The average molecular weight is 312 g/mol. The number of ether oxygens (including phenoxy) is 1. The molecule has 0 fully saturated rings. The Kier molecular flexibility index (Phi) is 6.29. The van der Waals surface area contributed by atoms with Crippen LogP contribution in [0.2, 0.25) is 0 Å². The molecule has 0 unspecified atom stereocenters. The van der Waals surface area contributed by atoms with Gasteiger partial charge in [-0.15, -0.1) is 0 Å². The second-order valence-corrected chi connectivity index (χ2v) is 5.03. The largest absolute Gasteiger partial charge is 0.462 e. The zero-order valence-corrected chi connectivity index (χ0v) is 13.1. The van der Waals surface area contributed by atoms with E-state index >= 15 is 0 Å². The third kappa shape index (κ3) is 5.21. The number of nitrogens with zero attached hydrogens (tertiary/aromatic N) is 1. The first-order chi connectivity index (χ1) is 11.2. The fourth-order valence-corrected chi connectivity index (χ4v) is 2.19. The molecule has 2 rings (SSSR count). The normalized spacial score (nSPS) is 10.1. The first kappa shape index (κ1) is 16.7. The number of hydrogen-bond acceptors (Lipinski definition) is 4. The predicted molar refractivity (Wildman–Crippen MR) is 88.2 cm³/mol. The van der Waals surface area contributed by atoms with Crippen LogP contribution in [0.5, 0.6) is 0 Å². The third-order valence-electron chi connectivity index (χ3n) is 3.30. The van der Waals surface area contributed by atoms with Gasteiger partial charge in [0.1, 0.15) is 0 Å². The number of aromatic nitrogens is 1. The van der Waals surface area contributed by atoms with Crippen molar-refractivity contribution in [2.75, 3.05) is 11.9 Å². The van der Waals surface area contributed by atoms with Crippen molar-refractivity contribution in [2.45, 2.75) is 26.2 Å². The van der Waals surface area contributed by atoms with Gasteiger partial charge >= 0.3 is 5.97 Å². The number of anilines is 1. The zero-order chi connectivity index (χ0) is 16.5. The lowest BCUT2D eigenvalue weighted by Crippen LogP contribution is -2.16. The molecule has 23 heavy (non-hydrogen) atoms. The number of aryl methyl sites for hydroxylation is 1.